The number of amides is 1. The Morgan fingerprint density at radius 1 is 1.14 bits per heavy atom. The van der Waals surface area contributed by atoms with Gasteiger partial charge in [0.2, 0.25) is 0 Å². The van der Waals surface area contributed by atoms with E-state index in [0.717, 1.165) is 22.2 Å². The molecule has 2 aromatic rings. The number of hydrogen-bond donors (Lipinski definition) is 1. The van der Waals surface area contributed by atoms with Crippen LogP contribution in [0.4, 0.5) is 0 Å². The van der Waals surface area contributed by atoms with Gasteiger partial charge >= 0.3 is 0 Å². The number of benzene rings is 2. The molecule has 0 aliphatic heterocycles. The fourth-order valence-electron chi connectivity index (χ4n) is 2.12. The summed E-state index contributed by atoms with van der Waals surface area (Å²) in [6.07, 6.45) is 2.23. The van der Waals surface area contributed by atoms with Gasteiger partial charge < -0.3 is 10.1 Å². The van der Waals surface area contributed by atoms with Gasteiger partial charge in [0.05, 0.1) is 12.1 Å². The van der Waals surface area contributed by atoms with Crippen LogP contribution in [0.2, 0.25) is 0 Å². The van der Waals surface area contributed by atoms with Crippen molar-refractivity contribution in [3.63, 3.8) is 0 Å². The third-order valence-corrected chi connectivity index (χ3v) is 4.18. The van der Waals surface area contributed by atoms with Gasteiger partial charge in [-0.3, -0.25) is 4.79 Å². The SMILES string of the molecule is CCCc1ccc(OCCNC(=O)c2ccccc2I)cc1. The zero-order chi connectivity index (χ0) is 15.8. The number of halogens is 1. The molecule has 1 N–H and O–H groups in total. The third kappa shape index (κ3) is 5.02. The molecular formula is C18H20INO2. The summed E-state index contributed by atoms with van der Waals surface area (Å²) in [4.78, 5) is 12.0. The van der Waals surface area contributed by atoms with Crippen molar-refractivity contribution in [2.75, 3.05) is 13.2 Å². The molecule has 0 saturated heterocycles. The van der Waals surface area contributed by atoms with E-state index in [1.54, 1.807) is 0 Å². The highest BCUT2D eigenvalue weighted by atomic mass is 127. The molecule has 0 radical (unpaired) electrons. The van der Waals surface area contributed by atoms with E-state index in [9.17, 15) is 4.79 Å². The fourth-order valence-corrected chi connectivity index (χ4v) is 2.75. The van der Waals surface area contributed by atoms with Crippen LogP contribution in [0.5, 0.6) is 5.75 Å². The Morgan fingerprint density at radius 2 is 1.86 bits per heavy atom. The Morgan fingerprint density at radius 3 is 2.55 bits per heavy atom. The van der Waals surface area contributed by atoms with Crippen LogP contribution in [0, 0.1) is 3.57 Å². The van der Waals surface area contributed by atoms with Gasteiger partial charge in [-0.25, -0.2) is 0 Å². The summed E-state index contributed by atoms with van der Waals surface area (Å²) in [5, 5.41) is 2.87. The van der Waals surface area contributed by atoms with Gasteiger partial charge in [0.1, 0.15) is 12.4 Å². The predicted molar refractivity (Wildman–Crippen MR) is 97.4 cm³/mol. The number of carbonyl (C=O) groups is 1. The number of carbonyl (C=O) groups excluding carboxylic acids is 1. The molecule has 116 valence electrons. The Labute approximate surface area is 145 Å². The van der Waals surface area contributed by atoms with Gasteiger partial charge in [0, 0.05) is 3.57 Å². The Kier molecular flexibility index (Phi) is 6.71. The Bertz CT molecular complexity index is 611. The van der Waals surface area contributed by atoms with E-state index >= 15 is 0 Å². The van der Waals surface area contributed by atoms with Gasteiger partial charge in [-0.15, -0.1) is 0 Å². The zero-order valence-corrected chi connectivity index (χ0v) is 14.8. The van der Waals surface area contributed by atoms with Crippen LogP contribution in [0.1, 0.15) is 29.3 Å². The fraction of sp³-hybridized carbons (Fsp3) is 0.278. The molecule has 22 heavy (non-hydrogen) atoms. The highest BCUT2D eigenvalue weighted by molar-refractivity contribution is 14.1. The van der Waals surface area contributed by atoms with Crippen LogP contribution < -0.4 is 10.1 Å². The van der Waals surface area contributed by atoms with Crippen LogP contribution in [-0.4, -0.2) is 19.1 Å². The summed E-state index contributed by atoms with van der Waals surface area (Å²) in [5.41, 5.74) is 2.02. The first-order valence-electron chi connectivity index (χ1n) is 7.45. The summed E-state index contributed by atoms with van der Waals surface area (Å²) in [6, 6.07) is 15.7. The van der Waals surface area contributed by atoms with E-state index in [0.29, 0.717) is 18.7 Å². The highest BCUT2D eigenvalue weighted by Gasteiger charge is 2.07. The van der Waals surface area contributed by atoms with Crippen molar-refractivity contribution < 1.29 is 9.53 Å². The molecule has 4 heteroatoms. The van der Waals surface area contributed by atoms with Crippen molar-refractivity contribution >= 4 is 28.5 Å². The minimum Gasteiger partial charge on any atom is -0.492 e. The summed E-state index contributed by atoms with van der Waals surface area (Å²) >= 11 is 2.16. The first-order valence-corrected chi connectivity index (χ1v) is 8.53. The zero-order valence-electron chi connectivity index (χ0n) is 12.6. The maximum atomic E-state index is 12.0. The molecule has 0 spiro atoms. The molecule has 0 atom stereocenters. The van der Waals surface area contributed by atoms with Crippen LogP contribution in [0.3, 0.4) is 0 Å². The summed E-state index contributed by atoms with van der Waals surface area (Å²) in [6.45, 7) is 3.11. The molecule has 0 aliphatic carbocycles. The van der Waals surface area contributed by atoms with Gasteiger partial charge in [-0.1, -0.05) is 37.6 Å². The quantitative estimate of drug-likeness (QED) is 0.554. The first-order chi connectivity index (χ1) is 10.7. The molecule has 3 nitrogen and oxygen atoms in total. The molecule has 0 bridgehead atoms. The second-order valence-electron chi connectivity index (χ2n) is 4.98. The van der Waals surface area contributed by atoms with Gasteiger partial charge in [-0.05, 0) is 58.8 Å². The molecule has 2 aromatic carbocycles. The molecule has 0 saturated carbocycles. The van der Waals surface area contributed by atoms with E-state index in [2.05, 4.69) is 47.0 Å². The Hall–Kier alpha value is -1.56. The lowest BCUT2D eigenvalue weighted by molar-refractivity contribution is 0.0946. The van der Waals surface area contributed by atoms with Crippen molar-refractivity contribution in [1.82, 2.24) is 5.32 Å². The largest absolute Gasteiger partial charge is 0.492 e. The summed E-state index contributed by atoms with van der Waals surface area (Å²) < 4.78 is 6.59. The van der Waals surface area contributed by atoms with Crippen LogP contribution >= 0.6 is 22.6 Å². The number of nitrogens with one attached hydrogen (secondary N) is 1. The number of ether oxygens (including phenoxy) is 1. The molecule has 2 rings (SSSR count). The lowest BCUT2D eigenvalue weighted by atomic mass is 10.1. The van der Waals surface area contributed by atoms with Crippen molar-refractivity contribution in [3.05, 3.63) is 63.2 Å². The maximum Gasteiger partial charge on any atom is 0.252 e. The molecule has 0 heterocycles. The van der Waals surface area contributed by atoms with Crippen LogP contribution in [0.25, 0.3) is 0 Å². The van der Waals surface area contributed by atoms with E-state index in [1.165, 1.54) is 5.56 Å². The molecule has 0 unspecified atom stereocenters. The first kappa shape index (κ1) is 16.8. The standard InChI is InChI=1S/C18H20INO2/c1-2-5-14-8-10-15(11-9-14)22-13-12-20-18(21)16-6-3-4-7-17(16)19/h3-4,6-11H,2,5,12-13H2,1H3,(H,20,21). The third-order valence-electron chi connectivity index (χ3n) is 3.24. The number of rotatable bonds is 7. The van der Waals surface area contributed by atoms with E-state index in [1.807, 2.05) is 36.4 Å². The van der Waals surface area contributed by atoms with E-state index < -0.39 is 0 Å². The molecule has 0 aliphatic rings. The number of aryl methyl sites for hydroxylation is 1. The summed E-state index contributed by atoms with van der Waals surface area (Å²) in [5.74, 6) is 0.773. The van der Waals surface area contributed by atoms with Crippen molar-refractivity contribution in [1.29, 1.82) is 0 Å². The van der Waals surface area contributed by atoms with Crippen LogP contribution in [0.15, 0.2) is 48.5 Å². The minimum absolute atomic E-state index is 0.0631. The lowest BCUT2D eigenvalue weighted by Crippen LogP contribution is -2.28. The second kappa shape index (κ2) is 8.78. The highest BCUT2D eigenvalue weighted by Crippen LogP contribution is 2.13. The monoisotopic (exact) mass is 409 g/mol. The van der Waals surface area contributed by atoms with Crippen molar-refractivity contribution in [2.24, 2.45) is 0 Å². The Balaban J connectivity index is 1.75. The molecular weight excluding hydrogens is 389 g/mol. The molecule has 1 amide bonds. The lowest BCUT2D eigenvalue weighted by Gasteiger charge is -2.09. The van der Waals surface area contributed by atoms with Gasteiger partial charge in [0.15, 0.2) is 0 Å². The summed E-state index contributed by atoms with van der Waals surface area (Å²) in [7, 11) is 0. The van der Waals surface area contributed by atoms with Gasteiger partial charge in [0.25, 0.3) is 5.91 Å². The average molecular weight is 409 g/mol. The average Bonchev–Trinajstić information content (AvgIpc) is 2.53. The van der Waals surface area contributed by atoms with Crippen molar-refractivity contribution in [2.45, 2.75) is 19.8 Å². The van der Waals surface area contributed by atoms with Crippen molar-refractivity contribution in [3.8, 4) is 5.75 Å². The topological polar surface area (TPSA) is 38.3 Å². The molecule has 0 aromatic heterocycles. The van der Waals surface area contributed by atoms with E-state index in [-0.39, 0.29) is 5.91 Å². The normalized spacial score (nSPS) is 10.3. The van der Waals surface area contributed by atoms with Gasteiger partial charge in [-0.2, -0.15) is 0 Å². The second-order valence-corrected chi connectivity index (χ2v) is 6.14. The van der Waals surface area contributed by atoms with E-state index in [4.69, 9.17) is 4.74 Å². The van der Waals surface area contributed by atoms with Crippen LogP contribution in [-0.2, 0) is 6.42 Å². The minimum atomic E-state index is -0.0631. The smallest absolute Gasteiger partial charge is 0.252 e. The molecule has 0 fully saturated rings. The predicted octanol–water partition coefficient (Wildman–Crippen LogP) is 4.05. The maximum absolute atomic E-state index is 12.0. The number of hydrogen-bond acceptors (Lipinski definition) is 2.